The molecular formula is C16H22BrCl2N3O. The topological polar surface area (TPSA) is 54.0 Å². The number of aryl methyl sites for hydroxylation is 1. The van der Waals surface area contributed by atoms with Crippen molar-refractivity contribution in [2.24, 2.45) is 0 Å². The van der Waals surface area contributed by atoms with Crippen molar-refractivity contribution < 1.29 is 4.79 Å². The van der Waals surface area contributed by atoms with E-state index in [2.05, 4.69) is 45.4 Å². The minimum atomic E-state index is -0.0617. The van der Waals surface area contributed by atoms with E-state index in [1.165, 1.54) is 0 Å². The molecule has 1 aromatic heterocycles. The number of amides is 1. The summed E-state index contributed by atoms with van der Waals surface area (Å²) in [6.45, 7) is 7.50. The van der Waals surface area contributed by atoms with Crippen LogP contribution in [0.25, 0.3) is 10.9 Å². The van der Waals surface area contributed by atoms with Gasteiger partial charge in [0.15, 0.2) is 0 Å². The summed E-state index contributed by atoms with van der Waals surface area (Å²) in [6, 6.07) is 7.88. The van der Waals surface area contributed by atoms with E-state index < -0.39 is 0 Å². The molecule has 0 fully saturated rings. The van der Waals surface area contributed by atoms with Crippen LogP contribution in [0.2, 0.25) is 0 Å². The Morgan fingerprint density at radius 2 is 2.00 bits per heavy atom. The lowest BCUT2D eigenvalue weighted by molar-refractivity contribution is 0.0951. The van der Waals surface area contributed by atoms with Gasteiger partial charge in [-0.15, -0.1) is 24.8 Å². The second-order valence-corrected chi connectivity index (χ2v) is 6.06. The SMILES string of the molecule is CCN[C@H](C)CNC(=O)c1cc(C)nc2ccc(Br)cc12.Cl.Cl. The lowest BCUT2D eigenvalue weighted by Crippen LogP contribution is -2.38. The van der Waals surface area contributed by atoms with Crippen molar-refractivity contribution in [1.82, 2.24) is 15.6 Å². The third-order valence-corrected chi connectivity index (χ3v) is 3.76. The van der Waals surface area contributed by atoms with Gasteiger partial charge in [-0.2, -0.15) is 0 Å². The van der Waals surface area contributed by atoms with Gasteiger partial charge in [-0.05, 0) is 44.7 Å². The fourth-order valence-electron chi connectivity index (χ4n) is 2.28. The van der Waals surface area contributed by atoms with E-state index in [1.54, 1.807) is 0 Å². The molecule has 0 aliphatic carbocycles. The number of aromatic nitrogens is 1. The number of pyridine rings is 1. The maximum absolute atomic E-state index is 12.4. The van der Waals surface area contributed by atoms with Gasteiger partial charge in [0.05, 0.1) is 11.1 Å². The summed E-state index contributed by atoms with van der Waals surface area (Å²) in [6.07, 6.45) is 0. The predicted molar refractivity (Wildman–Crippen MR) is 104 cm³/mol. The van der Waals surface area contributed by atoms with Gasteiger partial charge in [0, 0.05) is 28.1 Å². The number of carbonyl (C=O) groups is 1. The number of nitrogens with zero attached hydrogens (tertiary/aromatic N) is 1. The Hall–Kier alpha value is -0.880. The van der Waals surface area contributed by atoms with Crippen molar-refractivity contribution >= 4 is 57.6 Å². The second-order valence-electron chi connectivity index (χ2n) is 5.14. The van der Waals surface area contributed by atoms with Crippen LogP contribution in [-0.4, -0.2) is 30.0 Å². The molecule has 4 nitrogen and oxygen atoms in total. The summed E-state index contributed by atoms with van der Waals surface area (Å²) < 4.78 is 0.940. The molecule has 0 unspecified atom stereocenters. The fourth-order valence-corrected chi connectivity index (χ4v) is 2.64. The van der Waals surface area contributed by atoms with E-state index >= 15 is 0 Å². The molecule has 1 amide bonds. The number of likely N-dealkylation sites (N-methyl/N-ethyl adjacent to an activating group) is 1. The first-order valence-corrected chi connectivity index (χ1v) is 7.89. The third kappa shape index (κ3) is 5.92. The molecule has 0 bridgehead atoms. The average molecular weight is 423 g/mol. The van der Waals surface area contributed by atoms with Gasteiger partial charge in [-0.3, -0.25) is 9.78 Å². The number of nitrogens with one attached hydrogen (secondary N) is 2. The molecule has 0 aliphatic rings. The van der Waals surface area contributed by atoms with Crippen LogP contribution in [0, 0.1) is 6.92 Å². The minimum absolute atomic E-state index is 0. The summed E-state index contributed by atoms with van der Waals surface area (Å²) in [5.74, 6) is -0.0617. The Balaban J connectivity index is 0.00000242. The molecule has 0 aliphatic heterocycles. The van der Waals surface area contributed by atoms with Crippen LogP contribution in [-0.2, 0) is 0 Å². The zero-order chi connectivity index (χ0) is 15.4. The summed E-state index contributed by atoms with van der Waals surface area (Å²) in [7, 11) is 0. The molecule has 1 heterocycles. The highest BCUT2D eigenvalue weighted by Crippen LogP contribution is 2.22. The highest BCUT2D eigenvalue weighted by atomic mass is 79.9. The zero-order valence-electron chi connectivity index (χ0n) is 13.4. The van der Waals surface area contributed by atoms with Crippen LogP contribution < -0.4 is 10.6 Å². The maximum atomic E-state index is 12.4. The molecule has 2 N–H and O–H groups in total. The molecule has 0 radical (unpaired) electrons. The Bertz CT molecular complexity index is 667. The molecule has 2 aromatic rings. The van der Waals surface area contributed by atoms with E-state index in [0.717, 1.165) is 27.6 Å². The van der Waals surface area contributed by atoms with E-state index in [-0.39, 0.29) is 36.8 Å². The largest absolute Gasteiger partial charge is 0.350 e. The first kappa shape index (κ1) is 22.1. The van der Waals surface area contributed by atoms with Gasteiger partial charge in [-0.1, -0.05) is 22.9 Å². The van der Waals surface area contributed by atoms with Crippen molar-refractivity contribution in [3.05, 3.63) is 40.0 Å². The number of halogens is 3. The smallest absolute Gasteiger partial charge is 0.252 e. The summed E-state index contributed by atoms with van der Waals surface area (Å²) in [4.78, 5) is 16.9. The van der Waals surface area contributed by atoms with Crippen molar-refractivity contribution in [2.45, 2.75) is 26.8 Å². The number of hydrogen-bond donors (Lipinski definition) is 2. The van der Waals surface area contributed by atoms with Gasteiger partial charge >= 0.3 is 0 Å². The van der Waals surface area contributed by atoms with Crippen LogP contribution in [0.15, 0.2) is 28.7 Å². The second kappa shape index (κ2) is 10.1. The Labute approximate surface area is 157 Å². The molecule has 0 saturated heterocycles. The molecule has 23 heavy (non-hydrogen) atoms. The first-order chi connectivity index (χ1) is 10.0. The highest BCUT2D eigenvalue weighted by Gasteiger charge is 2.13. The molecule has 1 aromatic carbocycles. The number of benzene rings is 1. The van der Waals surface area contributed by atoms with E-state index in [0.29, 0.717) is 12.1 Å². The Kier molecular flexibility index (Phi) is 9.70. The molecule has 0 spiro atoms. The van der Waals surface area contributed by atoms with Gasteiger partial charge < -0.3 is 10.6 Å². The van der Waals surface area contributed by atoms with E-state index in [9.17, 15) is 4.79 Å². The molecule has 1 atom stereocenters. The minimum Gasteiger partial charge on any atom is -0.350 e. The van der Waals surface area contributed by atoms with Crippen molar-refractivity contribution in [3.8, 4) is 0 Å². The Morgan fingerprint density at radius 1 is 1.30 bits per heavy atom. The van der Waals surface area contributed by atoms with Crippen molar-refractivity contribution in [2.75, 3.05) is 13.1 Å². The Morgan fingerprint density at radius 3 is 2.65 bits per heavy atom. The summed E-state index contributed by atoms with van der Waals surface area (Å²) in [5.41, 5.74) is 2.35. The predicted octanol–water partition coefficient (Wildman–Crippen LogP) is 3.88. The van der Waals surface area contributed by atoms with Crippen LogP contribution in [0.3, 0.4) is 0 Å². The quantitative estimate of drug-likeness (QED) is 0.768. The number of rotatable bonds is 5. The van der Waals surface area contributed by atoms with Crippen LogP contribution in [0.4, 0.5) is 0 Å². The van der Waals surface area contributed by atoms with Crippen molar-refractivity contribution in [1.29, 1.82) is 0 Å². The van der Waals surface area contributed by atoms with Crippen LogP contribution in [0.5, 0.6) is 0 Å². The van der Waals surface area contributed by atoms with Crippen LogP contribution >= 0.6 is 40.7 Å². The monoisotopic (exact) mass is 421 g/mol. The standard InChI is InChI=1S/C16H20BrN3O.2ClH/c1-4-18-11(3)9-19-16(21)14-7-10(2)20-15-6-5-12(17)8-13(14)15;;/h5-8,11,18H,4,9H2,1-3H3,(H,19,21);2*1H/t11-;;/m1../s1. The number of hydrogen-bond acceptors (Lipinski definition) is 3. The summed E-state index contributed by atoms with van der Waals surface area (Å²) in [5, 5.41) is 7.12. The van der Waals surface area contributed by atoms with Gasteiger partial charge in [0.1, 0.15) is 0 Å². The summed E-state index contributed by atoms with van der Waals surface area (Å²) >= 11 is 3.45. The number of fused-ring (bicyclic) bond motifs is 1. The van der Waals surface area contributed by atoms with E-state index in [1.807, 2.05) is 31.2 Å². The van der Waals surface area contributed by atoms with Gasteiger partial charge in [0.2, 0.25) is 0 Å². The molecular weight excluding hydrogens is 401 g/mol. The van der Waals surface area contributed by atoms with Gasteiger partial charge in [0.25, 0.3) is 5.91 Å². The highest BCUT2D eigenvalue weighted by molar-refractivity contribution is 9.10. The molecule has 2 rings (SSSR count). The average Bonchev–Trinajstić information content (AvgIpc) is 2.44. The van der Waals surface area contributed by atoms with E-state index in [4.69, 9.17) is 0 Å². The number of carbonyl (C=O) groups excluding carboxylic acids is 1. The molecule has 128 valence electrons. The fraction of sp³-hybridized carbons (Fsp3) is 0.375. The zero-order valence-corrected chi connectivity index (χ0v) is 16.6. The molecule has 0 saturated carbocycles. The third-order valence-electron chi connectivity index (χ3n) is 3.26. The first-order valence-electron chi connectivity index (χ1n) is 7.09. The van der Waals surface area contributed by atoms with Crippen molar-refractivity contribution in [3.63, 3.8) is 0 Å². The lowest BCUT2D eigenvalue weighted by Gasteiger charge is -2.14. The normalized spacial score (nSPS) is 11.3. The van der Waals surface area contributed by atoms with Gasteiger partial charge in [-0.25, -0.2) is 0 Å². The maximum Gasteiger partial charge on any atom is 0.252 e. The molecule has 7 heteroatoms. The van der Waals surface area contributed by atoms with Crippen LogP contribution in [0.1, 0.15) is 29.9 Å². The lowest BCUT2D eigenvalue weighted by atomic mass is 10.1.